The standard InChI is InChI=1S/C21H20FNO4/c22-17-4-2-15(3-5-17)18-7-9-23(21(24)25)12-20(18)27-13-14-1-6-19-16(11-14)8-10-26-19/h1-6,8,10-11,18,20H,7,9,12-13H2,(H,24,25). The first-order chi connectivity index (χ1) is 13.1. The summed E-state index contributed by atoms with van der Waals surface area (Å²) in [4.78, 5) is 12.8. The highest BCUT2D eigenvalue weighted by atomic mass is 19.1. The van der Waals surface area contributed by atoms with Crippen LogP contribution in [0.5, 0.6) is 0 Å². The van der Waals surface area contributed by atoms with Gasteiger partial charge in [-0.15, -0.1) is 0 Å². The van der Waals surface area contributed by atoms with Crippen LogP contribution >= 0.6 is 0 Å². The molecule has 6 heteroatoms. The third-order valence-corrected chi connectivity index (χ3v) is 5.11. The number of amides is 1. The Labute approximate surface area is 156 Å². The smallest absolute Gasteiger partial charge is 0.407 e. The van der Waals surface area contributed by atoms with E-state index in [-0.39, 0.29) is 17.8 Å². The molecule has 1 fully saturated rings. The van der Waals surface area contributed by atoms with Crippen molar-refractivity contribution < 1.29 is 23.4 Å². The predicted octanol–water partition coefficient (Wildman–Crippen LogP) is 4.62. The molecule has 5 nitrogen and oxygen atoms in total. The third-order valence-electron chi connectivity index (χ3n) is 5.11. The van der Waals surface area contributed by atoms with Crippen molar-refractivity contribution in [3.63, 3.8) is 0 Å². The van der Waals surface area contributed by atoms with Gasteiger partial charge in [0.2, 0.25) is 0 Å². The van der Waals surface area contributed by atoms with Crippen molar-refractivity contribution in [1.82, 2.24) is 4.90 Å². The van der Waals surface area contributed by atoms with E-state index < -0.39 is 6.09 Å². The van der Waals surface area contributed by atoms with Crippen molar-refractivity contribution in [2.75, 3.05) is 13.1 Å². The number of furan rings is 1. The Balaban J connectivity index is 1.52. The van der Waals surface area contributed by atoms with Gasteiger partial charge >= 0.3 is 6.09 Å². The van der Waals surface area contributed by atoms with Crippen LogP contribution in [0, 0.1) is 5.82 Å². The molecule has 0 spiro atoms. The number of benzene rings is 2. The molecule has 2 aromatic carbocycles. The van der Waals surface area contributed by atoms with Gasteiger partial charge < -0.3 is 19.2 Å². The van der Waals surface area contributed by atoms with Crippen molar-refractivity contribution >= 4 is 17.1 Å². The van der Waals surface area contributed by atoms with Crippen LogP contribution in [0.4, 0.5) is 9.18 Å². The Hall–Kier alpha value is -2.86. The lowest BCUT2D eigenvalue weighted by molar-refractivity contribution is -0.0199. The van der Waals surface area contributed by atoms with E-state index in [1.807, 2.05) is 24.3 Å². The first-order valence-corrected chi connectivity index (χ1v) is 8.91. The van der Waals surface area contributed by atoms with Gasteiger partial charge in [0.25, 0.3) is 0 Å². The number of halogens is 1. The van der Waals surface area contributed by atoms with Gasteiger partial charge in [-0.1, -0.05) is 18.2 Å². The topological polar surface area (TPSA) is 62.9 Å². The maximum absolute atomic E-state index is 13.3. The van der Waals surface area contributed by atoms with Gasteiger partial charge in [-0.25, -0.2) is 9.18 Å². The molecule has 1 aliphatic heterocycles. The minimum Gasteiger partial charge on any atom is -0.465 e. The average molecular weight is 369 g/mol. The second kappa shape index (κ2) is 7.40. The average Bonchev–Trinajstić information content (AvgIpc) is 3.14. The molecular weight excluding hydrogens is 349 g/mol. The summed E-state index contributed by atoms with van der Waals surface area (Å²) in [6.45, 7) is 1.11. The number of likely N-dealkylation sites (tertiary alicyclic amines) is 1. The third kappa shape index (κ3) is 3.80. The molecule has 2 unspecified atom stereocenters. The number of nitrogens with zero attached hydrogens (tertiary/aromatic N) is 1. The summed E-state index contributed by atoms with van der Waals surface area (Å²) in [5.74, 6) is -0.258. The van der Waals surface area contributed by atoms with Crippen LogP contribution in [-0.4, -0.2) is 35.3 Å². The highest BCUT2D eigenvalue weighted by molar-refractivity contribution is 5.77. The van der Waals surface area contributed by atoms with Gasteiger partial charge in [0.15, 0.2) is 0 Å². The summed E-state index contributed by atoms with van der Waals surface area (Å²) in [5, 5.41) is 10.3. The first-order valence-electron chi connectivity index (χ1n) is 8.91. The number of piperidine rings is 1. The molecule has 2 heterocycles. The number of carboxylic acid groups (broad SMARTS) is 1. The fourth-order valence-electron chi connectivity index (χ4n) is 3.66. The monoisotopic (exact) mass is 369 g/mol. The SMILES string of the molecule is O=C(O)N1CCC(c2ccc(F)cc2)C(OCc2ccc3occc3c2)C1. The van der Waals surface area contributed by atoms with Crippen LogP contribution < -0.4 is 0 Å². The van der Waals surface area contributed by atoms with E-state index in [1.54, 1.807) is 18.4 Å². The molecule has 1 aromatic heterocycles. The minimum absolute atomic E-state index is 0.0267. The van der Waals surface area contributed by atoms with Crippen LogP contribution in [0.15, 0.2) is 59.2 Å². The Kier molecular flexibility index (Phi) is 4.81. The van der Waals surface area contributed by atoms with E-state index in [9.17, 15) is 14.3 Å². The molecule has 1 aliphatic rings. The number of carbonyl (C=O) groups is 1. The molecule has 0 saturated carbocycles. The van der Waals surface area contributed by atoms with Crippen LogP contribution in [0.25, 0.3) is 11.0 Å². The lowest BCUT2D eigenvalue weighted by atomic mass is 9.87. The van der Waals surface area contributed by atoms with E-state index in [2.05, 4.69) is 0 Å². The molecular formula is C21H20FNO4. The zero-order chi connectivity index (χ0) is 18.8. The summed E-state index contributed by atoms with van der Waals surface area (Å²) in [7, 11) is 0. The van der Waals surface area contributed by atoms with Crippen molar-refractivity contribution in [3.8, 4) is 0 Å². The fraction of sp³-hybridized carbons (Fsp3) is 0.286. The van der Waals surface area contributed by atoms with Crippen LogP contribution in [0.2, 0.25) is 0 Å². The van der Waals surface area contributed by atoms with Gasteiger partial charge in [-0.05, 0) is 47.9 Å². The summed E-state index contributed by atoms with van der Waals surface area (Å²) < 4.78 is 24.8. The number of rotatable bonds is 4. The second-order valence-corrected chi connectivity index (χ2v) is 6.82. The van der Waals surface area contributed by atoms with Crippen LogP contribution in [-0.2, 0) is 11.3 Å². The molecule has 4 rings (SSSR count). The Morgan fingerprint density at radius 2 is 2.04 bits per heavy atom. The van der Waals surface area contributed by atoms with Crippen LogP contribution in [0.3, 0.4) is 0 Å². The minimum atomic E-state index is -0.944. The quantitative estimate of drug-likeness (QED) is 0.729. The number of hydrogen-bond donors (Lipinski definition) is 1. The van der Waals surface area contributed by atoms with Crippen molar-refractivity contribution in [1.29, 1.82) is 0 Å². The molecule has 0 aliphatic carbocycles. The highest BCUT2D eigenvalue weighted by Gasteiger charge is 2.33. The van der Waals surface area contributed by atoms with Gasteiger partial charge in [0.1, 0.15) is 11.4 Å². The van der Waals surface area contributed by atoms with Crippen molar-refractivity contribution in [2.24, 2.45) is 0 Å². The highest BCUT2D eigenvalue weighted by Crippen LogP contribution is 2.31. The van der Waals surface area contributed by atoms with E-state index in [0.717, 1.165) is 22.1 Å². The molecule has 27 heavy (non-hydrogen) atoms. The molecule has 1 N–H and O–H groups in total. The van der Waals surface area contributed by atoms with E-state index in [0.29, 0.717) is 26.1 Å². The number of ether oxygens (including phenoxy) is 1. The largest absolute Gasteiger partial charge is 0.465 e. The first kappa shape index (κ1) is 17.5. The summed E-state index contributed by atoms with van der Waals surface area (Å²) >= 11 is 0. The van der Waals surface area contributed by atoms with Gasteiger partial charge in [-0.2, -0.15) is 0 Å². The van der Waals surface area contributed by atoms with Gasteiger partial charge in [-0.3, -0.25) is 0 Å². The Bertz CT molecular complexity index is 937. The molecule has 0 radical (unpaired) electrons. The molecule has 140 valence electrons. The van der Waals surface area contributed by atoms with Gasteiger partial charge in [0.05, 0.1) is 25.5 Å². The van der Waals surface area contributed by atoms with Crippen molar-refractivity contribution in [3.05, 3.63) is 71.7 Å². The Morgan fingerprint density at radius 3 is 2.81 bits per heavy atom. The summed E-state index contributed by atoms with van der Waals surface area (Å²) in [6, 6.07) is 14.1. The molecule has 0 bridgehead atoms. The van der Waals surface area contributed by atoms with Crippen molar-refractivity contribution in [2.45, 2.75) is 25.0 Å². The Morgan fingerprint density at radius 1 is 1.22 bits per heavy atom. The fourth-order valence-corrected chi connectivity index (χ4v) is 3.66. The normalized spacial score (nSPS) is 20.1. The lowest BCUT2D eigenvalue weighted by Gasteiger charge is -2.37. The number of fused-ring (bicyclic) bond motifs is 1. The molecule has 1 saturated heterocycles. The summed E-state index contributed by atoms with van der Waals surface area (Å²) in [6.07, 6.45) is 1.05. The predicted molar refractivity (Wildman–Crippen MR) is 98.1 cm³/mol. The van der Waals surface area contributed by atoms with Crippen LogP contribution in [0.1, 0.15) is 23.5 Å². The molecule has 3 aromatic rings. The van der Waals surface area contributed by atoms with Gasteiger partial charge in [0, 0.05) is 17.8 Å². The molecule has 1 amide bonds. The molecule has 2 atom stereocenters. The van der Waals surface area contributed by atoms with E-state index in [1.165, 1.54) is 17.0 Å². The zero-order valence-electron chi connectivity index (χ0n) is 14.7. The maximum Gasteiger partial charge on any atom is 0.407 e. The lowest BCUT2D eigenvalue weighted by Crippen LogP contribution is -2.46. The van der Waals surface area contributed by atoms with E-state index >= 15 is 0 Å². The number of hydrogen-bond acceptors (Lipinski definition) is 3. The van der Waals surface area contributed by atoms with E-state index in [4.69, 9.17) is 9.15 Å². The second-order valence-electron chi connectivity index (χ2n) is 6.82. The summed E-state index contributed by atoms with van der Waals surface area (Å²) in [5.41, 5.74) is 2.78. The zero-order valence-corrected chi connectivity index (χ0v) is 14.7. The maximum atomic E-state index is 13.3.